The highest BCUT2D eigenvalue weighted by atomic mass is 19.1. The summed E-state index contributed by atoms with van der Waals surface area (Å²) < 4.78 is 45.1. The first-order valence-electron chi connectivity index (χ1n) is 8.83. The van der Waals surface area contributed by atoms with Crippen molar-refractivity contribution < 1.29 is 22.7 Å². The van der Waals surface area contributed by atoms with Crippen molar-refractivity contribution in [3.8, 4) is 5.75 Å². The van der Waals surface area contributed by atoms with Gasteiger partial charge in [-0.15, -0.1) is 0 Å². The number of carbonyl (C=O) groups excluding carboxylic acids is 1. The largest absolute Gasteiger partial charge is 0.492 e. The SMILES string of the molecule is O=C1CCN(Cc2cc(F)cc(F)c2)CCN1CCOc1ccc(F)cc1. The average Bonchev–Trinajstić information content (AvgIpc) is 2.78. The molecular weight excluding hydrogens is 357 g/mol. The predicted octanol–water partition coefficient (Wildman–Crippen LogP) is 3.22. The standard InChI is InChI=1S/C20H21F3N2O2/c21-16-1-3-19(4-2-16)27-10-9-25-8-7-24(6-5-20(25)26)14-15-11-17(22)13-18(23)12-15/h1-4,11-13H,5-10,14H2. The molecule has 0 spiro atoms. The number of carbonyl (C=O) groups is 1. The van der Waals surface area contributed by atoms with Crippen molar-refractivity contribution in [2.75, 3.05) is 32.8 Å². The minimum atomic E-state index is -0.601. The smallest absolute Gasteiger partial charge is 0.224 e. The van der Waals surface area contributed by atoms with Crippen LogP contribution in [0.3, 0.4) is 0 Å². The van der Waals surface area contributed by atoms with Gasteiger partial charge in [-0.05, 0) is 42.0 Å². The number of halogens is 3. The van der Waals surface area contributed by atoms with E-state index < -0.39 is 11.6 Å². The van der Waals surface area contributed by atoms with Gasteiger partial charge in [0.25, 0.3) is 0 Å². The summed E-state index contributed by atoms with van der Waals surface area (Å²) in [5.41, 5.74) is 0.549. The molecule has 0 radical (unpaired) electrons. The molecule has 2 aromatic carbocycles. The maximum absolute atomic E-state index is 13.3. The van der Waals surface area contributed by atoms with Crippen molar-refractivity contribution >= 4 is 5.91 Å². The van der Waals surface area contributed by atoms with Crippen LogP contribution in [0.5, 0.6) is 5.75 Å². The van der Waals surface area contributed by atoms with E-state index in [4.69, 9.17) is 4.74 Å². The van der Waals surface area contributed by atoms with Crippen LogP contribution in [-0.2, 0) is 11.3 Å². The summed E-state index contributed by atoms with van der Waals surface area (Å²) in [6.07, 6.45) is 0.342. The molecule has 0 unspecified atom stereocenters. The second-order valence-corrected chi connectivity index (χ2v) is 6.49. The normalized spacial score (nSPS) is 15.7. The Morgan fingerprint density at radius 3 is 2.30 bits per heavy atom. The highest BCUT2D eigenvalue weighted by molar-refractivity contribution is 5.76. The number of nitrogens with zero attached hydrogens (tertiary/aromatic N) is 2. The van der Waals surface area contributed by atoms with E-state index >= 15 is 0 Å². The molecule has 0 atom stereocenters. The molecule has 0 N–H and O–H groups in total. The fraction of sp³-hybridized carbons (Fsp3) is 0.350. The van der Waals surface area contributed by atoms with E-state index in [1.165, 1.54) is 24.3 Å². The van der Waals surface area contributed by atoms with Crippen molar-refractivity contribution in [1.29, 1.82) is 0 Å². The minimum absolute atomic E-state index is 0.0191. The highest BCUT2D eigenvalue weighted by Gasteiger charge is 2.21. The molecule has 1 fully saturated rings. The molecule has 0 aromatic heterocycles. The van der Waals surface area contributed by atoms with Crippen molar-refractivity contribution in [1.82, 2.24) is 9.80 Å². The van der Waals surface area contributed by atoms with E-state index in [1.807, 2.05) is 4.90 Å². The first-order chi connectivity index (χ1) is 13.0. The van der Waals surface area contributed by atoms with E-state index in [9.17, 15) is 18.0 Å². The number of rotatable bonds is 6. The zero-order valence-corrected chi connectivity index (χ0v) is 14.8. The Labute approximate surface area is 156 Å². The van der Waals surface area contributed by atoms with Gasteiger partial charge in [0.15, 0.2) is 0 Å². The summed E-state index contributed by atoms with van der Waals surface area (Å²) >= 11 is 0. The summed E-state index contributed by atoms with van der Waals surface area (Å²) in [4.78, 5) is 16.0. The van der Waals surface area contributed by atoms with Gasteiger partial charge < -0.3 is 9.64 Å². The van der Waals surface area contributed by atoms with Crippen LogP contribution in [0.1, 0.15) is 12.0 Å². The molecule has 3 rings (SSSR count). The molecule has 1 aliphatic heterocycles. The van der Waals surface area contributed by atoms with Gasteiger partial charge in [0.2, 0.25) is 5.91 Å². The Hall–Kier alpha value is -2.54. The van der Waals surface area contributed by atoms with Crippen molar-refractivity contribution in [2.24, 2.45) is 0 Å². The molecule has 0 saturated carbocycles. The lowest BCUT2D eigenvalue weighted by Crippen LogP contribution is -2.36. The van der Waals surface area contributed by atoms with Crippen LogP contribution in [0.15, 0.2) is 42.5 Å². The maximum atomic E-state index is 13.3. The summed E-state index contributed by atoms with van der Waals surface area (Å²) in [6, 6.07) is 9.18. The molecule has 0 aliphatic carbocycles. The Balaban J connectivity index is 1.49. The second-order valence-electron chi connectivity index (χ2n) is 6.49. The van der Waals surface area contributed by atoms with Gasteiger partial charge >= 0.3 is 0 Å². The van der Waals surface area contributed by atoms with Crippen molar-refractivity contribution in [3.63, 3.8) is 0 Å². The van der Waals surface area contributed by atoms with Crippen LogP contribution in [0, 0.1) is 17.5 Å². The summed E-state index contributed by atoms with van der Waals surface area (Å²) in [6.45, 7) is 2.79. The first-order valence-corrected chi connectivity index (χ1v) is 8.83. The van der Waals surface area contributed by atoms with Crippen LogP contribution < -0.4 is 4.74 Å². The Kier molecular flexibility index (Phi) is 6.34. The molecule has 1 saturated heterocycles. The number of hydrogen-bond acceptors (Lipinski definition) is 3. The zero-order valence-electron chi connectivity index (χ0n) is 14.8. The van der Waals surface area contributed by atoms with Gasteiger partial charge in [0.1, 0.15) is 29.8 Å². The summed E-state index contributed by atoms with van der Waals surface area (Å²) in [5.74, 6) is -0.965. The molecular formula is C20H21F3N2O2. The lowest BCUT2D eigenvalue weighted by molar-refractivity contribution is -0.130. The number of benzene rings is 2. The van der Waals surface area contributed by atoms with Gasteiger partial charge in [-0.1, -0.05) is 0 Å². The third-order valence-electron chi connectivity index (χ3n) is 4.45. The van der Waals surface area contributed by atoms with Gasteiger partial charge in [-0.3, -0.25) is 9.69 Å². The quantitative estimate of drug-likeness (QED) is 0.774. The topological polar surface area (TPSA) is 32.8 Å². The first kappa shape index (κ1) is 19.2. The monoisotopic (exact) mass is 378 g/mol. The summed E-state index contributed by atoms with van der Waals surface area (Å²) in [7, 11) is 0. The van der Waals surface area contributed by atoms with Gasteiger partial charge in [-0.25, -0.2) is 13.2 Å². The predicted molar refractivity (Wildman–Crippen MR) is 94.7 cm³/mol. The average molecular weight is 378 g/mol. The van der Waals surface area contributed by atoms with Crippen LogP contribution >= 0.6 is 0 Å². The molecule has 4 nitrogen and oxygen atoms in total. The lowest BCUT2D eigenvalue weighted by Gasteiger charge is -2.22. The van der Waals surface area contributed by atoms with E-state index in [-0.39, 0.29) is 11.7 Å². The Bertz CT molecular complexity index is 763. The van der Waals surface area contributed by atoms with Gasteiger partial charge in [-0.2, -0.15) is 0 Å². The molecule has 1 heterocycles. The molecule has 0 bridgehead atoms. The molecule has 144 valence electrons. The molecule has 2 aromatic rings. The maximum Gasteiger partial charge on any atom is 0.224 e. The highest BCUT2D eigenvalue weighted by Crippen LogP contribution is 2.14. The molecule has 1 amide bonds. The summed E-state index contributed by atoms with van der Waals surface area (Å²) in [5, 5.41) is 0. The molecule has 1 aliphatic rings. The fourth-order valence-corrected chi connectivity index (χ4v) is 3.07. The van der Waals surface area contributed by atoms with Crippen LogP contribution in [-0.4, -0.2) is 48.5 Å². The van der Waals surface area contributed by atoms with E-state index in [1.54, 1.807) is 17.0 Å². The van der Waals surface area contributed by atoms with Crippen LogP contribution in [0.2, 0.25) is 0 Å². The number of ether oxygens (including phenoxy) is 1. The Morgan fingerprint density at radius 1 is 0.889 bits per heavy atom. The van der Waals surface area contributed by atoms with Crippen molar-refractivity contribution in [2.45, 2.75) is 13.0 Å². The number of hydrogen-bond donors (Lipinski definition) is 0. The van der Waals surface area contributed by atoms with Gasteiger partial charge in [0.05, 0.1) is 6.54 Å². The van der Waals surface area contributed by atoms with E-state index in [2.05, 4.69) is 0 Å². The lowest BCUT2D eigenvalue weighted by atomic mass is 10.2. The van der Waals surface area contributed by atoms with Crippen LogP contribution in [0.4, 0.5) is 13.2 Å². The fourth-order valence-electron chi connectivity index (χ4n) is 3.07. The van der Waals surface area contributed by atoms with Crippen molar-refractivity contribution in [3.05, 3.63) is 65.5 Å². The van der Waals surface area contributed by atoms with Crippen LogP contribution in [0.25, 0.3) is 0 Å². The third-order valence-corrected chi connectivity index (χ3v) is 4.45. The van der Waals surface area contributed by atoms with E-state index in [0.29, 0.717) is 57.1 Å². The van der Waals surface area contributed by atoms with Gasteiger partial charge in [0, 0.05) is 38.7 Å². The number of amides is 1. The molecule has 7 heteroatoms. The minimum Gasteiger partial charge on any atom is -0.492 e. The Morgan fingerprint density at radius 2 is 1.59 bits per heavy atom. The molecule has 27 heavy (non-hydrogen) atoms. The third kappa shape index (κ3) is 5.72. The zero-order chi connectivity index (χ0) is 19.2. The van der Waals surface area contributed by atoms with E-state index in [0.717, 1.165) is 6.07 Å². The second kappa shape index (κ2) is 8.90.